The fraction of sp³-hybridized carbons (Fsp3) is 0.778. The van der Waals surface area contributed by atoms with Crippen molar-refractivity contribution in [2.24, 2.45) is 0 Å². The molecule has 0 radical (unpaired) electrons. The number of carboxylic acid groups (broad SMARTS) is 1. The third-order valence-corrected chi connectivity index (χ3v) is 3.15. The Morgan fingerprint density at radius 1 is 1.31 bits per heavy atom. The largest absolute Gasteiger partial charge is 0.480 e. The van der Waals surface area contributed by atoms with E-state index < -0.39 is 24.0 Å². The number of thioether (sulfide) groups is 2. The lowest BCUT2D eigenvalue weighted by Gasteiger charge is -2.16. The lowest BCUT2D eigenvalue weighted by molar-refractivity contribution is -0.143. The van der Waals surface area contributed by atoms with E-state index in [1.807, 2.05) is 6.26 Å². The Morgan fingerprint density at radius 3 is 2.38 bits per heavy atom. The Morgan fingerprint density at radius 2 is 1.94 bits per heavy atom. The zero-order valence-electron chi connectivity index (χ0n) is 9.30. The van der Waals surface area contributed by atoms with Crippen molar-refractivity contribution < 1.29 is 19.8 Å². The highest BCUT2D eigenvalue weighted by Crippen LogP contribution is 2.03. The molecule has 7 heteroatoms. The average molecular weight is 267 g/mol. The van der Waals surface area contributed by atoms with Crippen molar-refractivity contribution in [1.82, 2.24) is 5.32 Å². The first-order chi connectivity index (χ1) is 7.52. The van der Waals surface area contributed by atoms with Gasteiger partial charge in [0.15, 0.2) is 0 Å². The molecule has 0 rings (SSSR count). The highest BCUT2D eigenvalue weighted by molar-refractivity contribution is 7.98. The summed E-state index contributed by atoms with van der Waals surface area (Å²) in [7, 11) is 0. The number of carbonyl (C=O) groups excluding carboxylic acids is 1. The number of hydrogen-bond acceptors (Lipinski definition) is 5. The van der Waals surface area contributed by atoms with E-state index >= 15 is 0 Å². The van der Waals surface area contributed by atoms with Gasteiger partial charge in [-0.3, -0.25) is 4.79 Å². The molecule has 5 nitrogen and oxygen atoms in total. The molecule has 2 atom stereocenters. The molecule has 0 aliphatic rings. The lowest BCUT2D eigenvalue weighted by Crippen LogP contribution is -2.46. The smallest absolute Gasteiger partial charge is 0.326 e. The summed E-state index contributed by atoms with van der Waals surface area (Å²) in [6.07, 6.45) is 2.84. The van der Waals surface area contributed by atoms with Crippen molar-refractivity contribution >= 4 is 35.4 Å². The van der Waals surface area contributed by atoms with Crippen LogP contribution in [-0.2, 0) is 9.59 Å². The van der Waals surface area contributed by atoms with Crippen LogP contribution in [0.4, 0.5) is 0 Å². The van der Waals surface area contributed by atoms with Gasteiger partial charge in [0.2, 0.25) is 5.91 Å². The zero-order valence-corrected chi connectivity index (χ0v) is 10.9. The Balaban J connectivity index is 4.17. The predicted octanol–water partition coefficient (Wildman–Crippen LogP) is 0.0328. The minimum atomic E-state index is -1.15. The van der Waals surface area contributed by atoms with Crippen LogP contribution in [-0.4, -0.2) is 58.3 Å². The Labute approximate surface area is 103 Å². The Bertz CT molecular complexity index is 238. The van der Waals surface area contributed by atoms with E-state index in [2.05, 4.69) is 5.32 Å². The minimum absolute atomic E-state index is 0.265. The molecule has 0 aliphatic carbocycles. The molecule has 0 saturated carbocycles. The van der Waals surface area contributed by atoms with E-state index in [1.165, 1.54) is 23.5 Å². The molecular formula is C9H17NO4S2. The van der Waals surface area contributed by atoms with Gasteiger partial charge in [0.1, 0.15) is 12.1 Å². The fourth-order valence-corrected chi connectivity index (χ4v) is 1.93. The van der Waals surface area contributed by atoms with Crippen LogP contribution in [0, 0.1) is 0 Å². The molecule has 16 heavy (non-hydrogen) atoms. The molecule has 0 aromatic rings. The van der Waals surface area contributed by atoms with Crippen molar-refractivity contribution in [2.45, 2.75) is 18.6 Å². The minimum Gasteiger partial charge on any atom is -0.480 e. The maximum Gasteiger partial charge on any atom is 0.326 e. The van der Waals surface area contributed by atoms with Gasteiger partial charge in [-0.2, -0.15) is 23.5 Å². The molecule has 0 heterocycles. The van der Waals surface area contributed by atoms with Gasteiger partial charge in [0, 0.05) is 5.75 Å². The van der Waals surface area contributed by atoms with Crippen LogP contribution >= 0.6 is 23.5 Å². The molecule has 0 fully saturated rings. The van der Waals surface area contributed by atoms with Gasteiger partial charge in [-0.05, 0) is 24.7 Å². The third-order valence-electron chi connectivity index (χ3n) is 1.85. The van der Waals surface area contributed by atoms with Crippen molar-refractivity contribution in [2.75, 3.05) is 24.0 Å². The highest BCUT2D eigenvalue weighted by atomic mass is 32.2. The monoisotopic (exact) mass is 267 g/mol. The van der Waals surface area contributed by atoms with Crippen LogP contribution in [0.1, 0.15) is 6.42 Å². The summed E-state index contributed by atoms with van der Waals surface area (Å²) in [6, 6.07) is -0.920. The maximum absolute atomic E-state index is 11.4. The number of hydrogen-bond donors (Lipinski definition) is 3. The number of aliphatic hydroxyl groups excluding tert-OH is 1. The quantitative estimate of drug-likeness (QED) is 0.575. The van der Waals surface area contributed by atoms with E-state index in [4.69, 9.17) is 5.11 Å². The first-order valence-corrected chi connectivity index (χ1v) is 7.50. The van der Waals surface area contributed by atoms with Crippen LogP contribution in [0.25, 0.3) is 0 Å². The normalized spacial score (nSPS) is 14.2. The highest BCUT2D eigenvalue weighted by Gasteiger charge is 2.23. The molecule has 0 spiro atoms. The van der Waals surface area contributed by atoms with E-state index in [-0.39, 0.29) is 5.75 Å². The molecule has 0 aromatic carbocycles. The van der Waals surface area contributed by atoms with Gasteiger partial charge < -0.3 is 15.5 Å². The van der Waals surface area contributed by atoms with Crippen molar-refractivity contribution in [3.63, 3.8) is 0 Å². The SMILES string of the molecule is CSCC[C@H](NC(=O)[C@H](O)CSC)C(=O)O. The van der Waals surface area contributed by atoms with E-state index in [0.717, 1.165) is 0 Å². The number of amides is 1. The van der Waals surface area contributed by atoms with E-state index in [1.54, 1.807) is 6.26 Å². The summed E-state index contributed by atoms with van der Waals surface area (Å²) in [5, 5.41) is 20.5. The third kappa shape index (κ3) is 6.24. The molecule has 0 unspecified atom stereocenters. The fourth-order valence-electron chi connectivity index (χ4n) is 0.995. The summed E-state index contributed by atoms with van der Waals surface area (Å²) in [4.78, 5) is 22.2. The Kier molecular flexibility index (Phi) is 8.50. The molecule has 3 N–H and O–H groups in total. The number of rotatable bonds is 8. The molecule has 94 valence electrons. The van der Waals surface area contributed by atoms with Crippen molar-refractivity contribution in [3.8, 4) is 0 Å². The summed E-state index contributed by atoms with van der Waals surface area (Å²) in [5.41, 5.74) is 0. The molecule has 0 aromatic heterocycles. The molecule has 1 amide bonds. The van der Waals surface area contributed by atoms with Crippen LogP contribution in [0.3, 0.4) is 0 Å². The molecule has 0 bridgehead atoms. The van der Waals surface area contributed by atoms with Crippen LogP contribution in [0.15, 0.2) is 0 Å². The molecule has 0 saturated heterocycles. The maximum atomic E-state index is 11.4. The van der Waals surface area contributed by atoms with Gasteiger partial charge >= 0.3 is 5.97 Å². The topological polar surface area (TPSA) is 86.6 Å². The van der Waals surface area contributed by atoms with Gasteiger partial charge in [-0.25, -0.2) is 4.79 Å². The number of carboxylic acids is 1. The first-order valence-electron chi connectivity index (χ1n) is 4.72. The summed E-state index contributed by atoms with van der Waals surface area (Å²) in [5.74, 6) is -0.780. The number of nitrogens with one attached hydrogen (secondary N) is 1. The molecular weight excluding hydrogens is 250 g/mol. The first kappa shape index (κ1) is 15.6. The second-order valence-electron chi connectivity index (χ2n) is 3.15. The molecule has 0 aliphatic heterocycles. The van der Waals surface area contributed by atoms with Gasteiger partial charge in [0.05, 0.1) is 0 Å². The predicted molar refractivity (Wildman–Crippen MR) is 67.0 cm³/mol. The van der Waals surface area contributed by atoms with Crippen LogP contribution in [0.5, 0.6) is 0 Å². The lowest BCUT2D eigenvalue weighted by atomic mass is 10.2. The van der Waals surface area contributed by atoms with Crippen molar-refractivity contribution in [3.05, 3.63) is 0 Å². The standard InChI is InChI=1S/C9H17NO4S2/c1-15-4-3-6(9(13)14)10-8(12)7(11)5-16-2/h6-7,11H,3-5H2,1-2H3,(H,10,12)(H,13,14)/t6-,7+/m0/s1. The number of aliphatic hydroxyl groups is 1. The van der Waals surface area contributed by atoms with Gasteiger partial charge in [-0.1, -0.05) is 0 Å². The number of aliphatic carboxylic acids is 1. The van der Waals surface area contributed by atoms with E-state index in [0.29, 0.717) is 12.2 Å². The van der Waals surface area contributed by atoms with Crippen LogP contribution in [0.2, 0.25) is 0 Å². The summed E-state index contributed by atoms with van der Waals surface area (Å²) in [6.45, 7) is 0. The Hall–Kier alpha value is -0.400. The van der Waals surface area contributed by atoms with Crippen molar-refractivity contribution in [1.29, 1.82) is 0 Å². The van der Waals surface area contributed by atoms with Gasteiger partial charge in [0.25, 0.3) is 0 Å². The summed E-state index contributed by atoms with van der Waals surface area (Å²) >= 11 is 2.84. The van der Waals surface area contributed by atoms with Gasteiger partial charge in [-0.15, -0.1) is 0 Å². The summed E-state index contributed by atoms with van der Waals surface area (Å²) < 4.78 is 0. The average Bonchev–Trinajstić information content (AvgIpc) is 2.23. The second kappa shape index (κ2) is 8.72. The second-order valence-corrected chi connectivity index (χ2v) is 5.05. The van der Waals surface area contributed by atoms with Crippen LogP contribution < -0.4 is 5.32 Å². The number of carbonyl (C=O) groups is 2. The zero-order chi connectivity index (χ0) is 12.6. The van der Waals surface area contributed by atoms with E-state index in [9.17, 15) is 14.7 Å².